The van der Waals surface area contributed by atoms with E-state index in [0.717, 1.165) is 41.9 Å². The molecule has 0 radical (unpaired) electrons. The Hall–Kier alpha value is -1.72. The van der Waals surface area contributed by atoms with Gasteiger partial charge in [-0.3, -0.25) is 0 Å². The molecular weight excluding hydrogens is 445 g/mol. The number of nitrogens with zero attached hydrogens (tertiary/aromatic N) is 1. The summed E-state index contributed by atoms with van der Waals surface area (Å²) in [6.07, 6.45) is 2.30. The predicted octanol–water partition coefficient (Wildman–Crippen LogP) is 6.56. The summed E-state index contributed by atoms with van der Waals surface area (Å²) in [5.74, 6) is 1.89. The molecule has 156 valence electrons. The van der Waals surface area contributed by atoms with Crippen LogP contribution < -0.4 is 4.74 Å². The highest BCUT2D eigenvalue weighted by Gasteiger charge is 2.41. The van der Waals surface area contributed by atoms with Crippen molar-refractivity contribution in [3.63, 3.8) is 0 Å². The van der Waals surface area contributed by atoms with E-state index in [4.69, 9.17) is 44.1 Å². The fraction of sp³-hybridized carbons (Fsp3) is 0.348. The summed E-state index contributed by atoms with van der Waals surface area (Å²) in [5.41, 5.74) is 3.10. The van der Waals surface area contributed by atoms with Crippen molar-refractivity contribution in [2.24, 2.45) is 0 Å². The Kier molecular flexibility index (Phi) is 5.44. The minimum absolute atomic E-state index is 0.0217. The van der Waals surface area contributed by atoms with Crippen molar-refractivity contribution >= 4 is 34.8 Å². The number of hydrogen-bond donors (Lipinski definition) is 1. The van der Waals surface area contributed by atoms with E-state index in [1.54, 1.807) is 18.2 Å². The smallest absolute Gasteiger partial charge is 0.147 e. The summed E-state index contributed by atoms with van der Waals surface area (Å²) in [4.78, 5) is 0. The summed E-state index contributed by atoms with van der Waals surface area (Å²) in [6.45, 7) is 0.274. The van der Waals surface area contributed by atoms with Crippen LogP contribution in [0.25, 0.3) is 11.3 Å². The van der Waals surface area contributed by atoms with Crippen LogP contribution in [0.4, 0.5) is 0 Å². The molecule has 2 saturated carbocycles. The lowest BCUT2D eigenvalue weighted by atomic mass is 9.76. The highest BCUT2D eigenvalue weighted by molar-refractivity contribution is 6.39. The molecule has 0 amide bonds. The molecule has 1 N–H and O–H groups in total. The Morgan fingerprint density at radius 2 is 1.80 bits per heavy atom. The number of hydrogen-bond acceptors (Lipinski definition) is 4. The SMILES string of the molecule is OC1C(Cl)CC1c1ccccc1OCc1c(-c2c(Cl)cccc2Cl)noc1C1CC1. The van der Waals surface area contributed by atoms with Gasteiger partial charge in [0.1, 0.15) is 23.8 Å². The lowest BCUT2D eigenvalue weighted by molar-refractivity contribution is 0.0698. The van der Waals surface area contributed by atoms with Crippen molar-refractivity contribution in [1.82, 2.24) is 5.16 Å². The maximum atomic E-state index is 10.2. The second kappa shape index (κ2) is 8.08. The minimum Gasteiger partial charge on any atom is -0.488 e. The number of alkyl halides is 1. The average molecular weight is 465 g/mol. The quantitative estimate of drug-likeness (QED) is 0.420. The standard InChI is InChI=1S/C23H20Cl3NO3/c24-16-5-3-6-17(25)20(16)21-15(23(30-27-21)12-8-9-12)11-29-19-7-2-1-4-13(19)14-10-18(26)22(14)28/h1-7,12,14,18,22,28H,8-11H2. The first-order valence-corrected chi connectivity index (χ1v) is 11.2. The van der Waals surface area contributed by atoms with Gasteiger partial charge in [-0.15, -0.1) is 11.6 Å². The van der Waals surface area contributed by atoms with E-state index in [2.05, 4.69) is 5.16 Å². The third-order valence-corrected chi connectivity index (χ3v) is 6.98. The summed E-state index contributed by atoms with van der Waals surface area (Å²) in [5, 5.41) is 15.4. The van der Waals surface area contributed by atoms with E-state index in [0.29, 0.717) is 27.2 Å². The van der Waals surface area contributed by atoms with E-state index >= 15 is 0 Å². The van der Waals surface area contributed by atoms with E-state index in [9.17, 15) is 5.11 Å². The summed E-state index contributed by atoms with van der Waals surface area (Å²) < 4.78 is 12.0. The number of aliphatic hydroxyl groups excluding tert-OH is 1. The van der Waals surface area contributed by atoms with Crippen molar-refractivity contribution in [3.05, 3.63) is 69.4 Å². The van der Waals surface area contributed by atoms with Crippen LogP contribution in [-0.2, 0) is 6.61 Å². The molecule has 0 aliphatic heterocycles. The van der Waals surface area contributed by atoms with Gasteiger partial charge in [0, 0.05) is 17.4 Å². The number of aliphatic hydroxyl groups is 1. The number of aromatic nitrogens is 1. The lowest BCUT2D eigenvalue weighted by Gasteiger charge is -2.38. The molecule has 3 aromatic rings. The molecule has 2 fully saturated rings. The summed E-state index contributed by atoms with van der Waals surface area (Å²) in [7, 11) is 0. The van der Waals surface area contributed by atoms with Crippen LogP contribution in [-0.4, -0.2) is 21.7 Å². The Labute approximate surface area is 189 Å². The highest BCUT2D eigenvalue weighted by atomic mass is 35.5. The molecule has 2 aliphatic carbocycles. The fourth-order valence-electron chi connectivity index (χ4n) is 4.01. The van der Waals surface area contributed by atoms with Gasteiger partial charge in [0.2, 0.25) is 0 Å². The predicted molar refractivity (Wildman–Crippen MR) is 118 cm³/mol. The van der Waals surface area contributed by atoms with Gasteiger partial charge in [0.25, 0.3) is 0 Å². The normalized spacial score (nSPS) is 23.3. The van der Waals surface area contributed by atoms with Crippen molar-refractivity contribution in [1.29, 1.82) is 0 Å². The molecular formula is C23H20Cl3NO3. The van der Waals surface area contributed by atoms with Crippen LogP contribution in [0.5, 0.6) is 5.75 Å². The van der Waals surface area contributed by atoms with Gasteiger partial charge in [0.15, 0.2) is 0 Å². The number of rotatable bonds is 6. The van der Waals surface area contributed by atoms with E-state index in [1.807, 2.05) is 24.3 Å². The number of ether oxygens (including phenoxy) is 1. The van der Waals surface area contributed by atoms with Crippen molar-refractivity contribution in [2.45, 2.75) is 49.2 Å². The van der Waals surface area contributed by atoms with Gasteiger partial charge in [-0.25, -0.2) is 0 Å². The molecule has 5 rings (SSSR count). The van der Waals surface area contributed by atoms with E-state index in [-0.39, 0.29) is 17.9 Å². The Morgan fingerprint density at radius 3 is 2.47 bits per heavy atom. The monoisotopic (exact) mass is 463 g/mol. The van der Waals surface area contributed by atoms with Crippen LogP contribution in [0.1, 0.15) is 48.0 Å². The third-order valence-electron chi connectivity index (χ3n) is 5.92. The summed E-state index contributed by atoms with van der Waals surface area (Å²) >= 11 is 19.0. The van der Waals surface area contributed by atoms with Crippen molar-refractivity contribution in [3.8, 4) is 17.0 Å². The van der Waals surface area contributed by atoms with Crippen LogP contribution in [0, 0.1) is 0 Å². The Bertz CT molecular complexity index is 1060. The van der Waals surface area contributed by atoms with E-state index < -0.39 is 6.10 Å². The topological polar surface area (TPSA) is 55.5 Å². The molecule has 0 spiro atoms. The van der Waals surface area contributed by atoms with Gasteiger partial charge < -0.3 is 14.4 Å². The van der Waals surface area contributed by atoms with Crippen molar-refractivity contribution < 1.29 is 14.4 Å². The first-order valence-electron chi connectivity index (χ1n) is 10.0. The zero-order valence-corrected chi connectivity index (χ0v) is 18.3. The molecule has 0 saturated heterocycles. The number of benzene rings is 2. The average Bonchev–Trinajstić information content (AvgIpc) is 3.51. The number of para-hydroxylation sites is 1. The van der Waals surface area contributed by atoms with Gasteiger partial charge >= 0.3 is 0 Å². The maximum absolute atomic E-state index is 10.2. The van der Waals surface area contributed by atoms with Crippen LogP contribution in [0.3, 0.4) is 0 Å². The molecule has 2 aliphatic rings. The third kappa shape index (κ3) is 3.60. The van der Waals surface area contributed by atoms with Gasteiger partial charge in [-0.05, 0) is 43.0 Å². The highest BCUT2D eigenvalue weighted by Crippen LogP contribution is 2.47. The second-order valence-corrected chi connectivity index (χ2v) is 9.30. The molecule has 0 bridgehead atoms. The Morgan fingerprint density at radius 1 is 1.07 bits per heavy atom. The fourth-order valence-corrected chi connectivity index (χ4v) is 4.95. The van der Waals surface area contributed by atoms with Crippen LogP contribution in [0.15, 0.2) is 47.0 Å². The largest absolute Gasteiger partial charge is 0.488 e. The lowest BCUT2D eigenvalue weighted by Crippen LogP contribution is -2.41. The zero-order chi connectivity index (χ0) is 20.8. The summed E-state index contributed by atoms with van der Waals surface area (Å²) in [6, 6.07) is 13.1. The van der Waals surface area contributed by atoms with Gasteiger partial charge in [0.05, 0.1) is 27.1 Å². The molecule has 1 heterocycles. The minimum atomic E-state index is -0.563. The first-order chi connectivity index (χ1) is 14.5. The molecule has 3 atom stereocenters. The Balaban J connectivity index is 1.47. The van der Waals surface area contributed by atoms with Crippen LogP contribution in [0.2, 0.25) is 10.0 Å². The molecule has 2 aromatic carbocycles. The second-order valence-electron chi connectivity index (χ2n) is 7.92. The molecule has 7 heteroatoms. The van der Waals surface area contributed by atoms with Gasteiger partial charge in [-0.2, -0.15) is 0 Å². The molecule has 1 aromatic heterocycles. The first kappa shape index (κ1) is 20.2. The molecule has 30 heavy (non-hydrogen) atoms. The molecule has 3 unspecified atom stereocenters. The van der Waals surface area contributed by atoms with Gasteiger partial charge in [-0.1, -0.05) is 52.6 Å². The van der Waals surface area contributed by atoms with Crippen LogP contribution >= 0.6 is 34.8 Å². The van der Waals surface area contributed by atoms with Crippen molar-refractivity contribution in [2.75, 3.05) is 0 Å². The zero-order valence-electron chi connectivity index (χ0n) is 16.0. The maximum Gasteiger partial charge on any atom is 0.147 e. The number of halogens is 3. The molecule has 4 nitrogen and oxygen atoms in total. The van der Waals surface area contributed by atoms with E-state index in [1.165, 1.54) is 0 Å².